The fourth-order valence-corrected chi connectivity index (χ4v) is 3.69. The number of ether oxygens (including phenoxy) is 3. The highest BCUT2D eigenvalue weighted by Gasteiger charge is 2.35. The molecule has 2 aliphatic rings. The second kappa shape index (κ2) is 8.54. The van der Waals surface area contributed by atoms with Crippen LogP contribution < -0.4 is 4.74 Å². The van der Waals surface area contributed by atoms with Crippen molar-refractivity contribution in [1.29, 1.82) is 0 Å². The molecule has 0 aliphatic carbocycles. The summed E-state index contributed by atoms with van der Waals surface area (Å²) in [4.78, 5) is 31.0. The summed E-state index contributed by atoms with van der Waals surface area (Å²) in [6.07, 6.45) is 4.88. The van der Waals surface area contributed by atoms with Crippen LogP contribution in [0.1, 0.15) is 33.8 Å². The number of ketones is 1. The second-order valence-corrected chi connectivity index (χ2v) is 7.06. The molecule has 8 heteroatoms. The number of Topliss-reactive ketones (excluding diaryl/α,β-unsaturated/α-hetero) is 1. The van der Waals surface area contributed by atoms with Crippen molar-refractivity contribution in [2.45, 2.75) is 12.3 Å². The van der Waals surface area contributed by atoms with Crippen molar-refractivity contribution in [3.05, 3.63) is 65.3 Å². The van der Waals surface area contributed by atoms with Crippen LogP contribution in [0.5, 0.6) is 11.5 Å². The molecule has 1 fully saturated rings. The lowest BCUT2D eigenvalue weighted by molar-refractivity contribution is -0.140. The van der Waals surface area contributed by atoms with E-state index in [2.05, 4.69) is 4.98 Å². The van der Waals surface area contributed by atoms with E-state index in [-0.39, 0.29) is 29.5 Å². The van der Waals surface area contributed by atoms with E-state index in [9.17, 15) is 14.7 Å². The molecule has 1 atom stereocenters. The van der Waals surface area contributed by atoms with E-state index >= 15 is 0 Å². The van der Waals surface area contributed by atoms with Crippen molar-refractivity contribution in [3.63, 3.8) is 0 Å². The van der Waals surface area contributed by atoms with Gasteiger partial charge >= 0.3 is 5.97 Å². The second-order valence-electron chi connectivity index (χ2n) is 7.06. The normalized spacial score (nSPS) is 18.1. The number of phenolic OH excluding ortho intramolecular Hbond substituents is 1. The molecule has 1 aromatic heterocycles. The lowest BCUT2D eigenvalue weighted by atomic mass is 9.86. The zero-order valence-electron chi connectivity index (χ0n) is 16.5. The van der Waals surface area contributed by atoms with Crippen molar-refractivity contribution >= 4 is 11.8 Å². The summed E-state index contributed by atoms with van der Waals surface area (Å²) in [6.45, 7) is 2.49. The van der Waals surface area contributed by atoms with Crippen LogP contribution in [-0.2, 0) is 14.3 Å². The van der Waals surface area contributed by atoms with Crippen LogP contribution in [0.4, 0.5) is 0 Å². The number of carbonyl (C=O) groups is 2. The number of rotatable bonds is 5. The van der Waals surface area contributed by atoms with Gasteiger partial charge in [0.05, 0.1) is 32.3 Å². The van der Waals surface area contributed by atoms with E-state index in [4.69, 9.17) is 14.2 Å². The number of methoxy groups -OCH3 is 1. The SMILES string of the molecule is COC(=O)C[C@H](c1ccncc1)c1c(O)ccc2c1O/C(=C\N1CCOCC1)C2=O. The highest BCUT2D eigenvalue weighted by Crippen LogP contribution is 2.46. The first-order chi connectivity index (χ1) is 14.6. The van der Waals surface area contributed by atoms with Gasteiger partial charge in [-0.15, -0.1) is 0 Å². The van der Waals surface area contributed by atoms with Crippen LogP contribution in [0.2, 0.25) is 0 Å². The molecule has 0 spiro atoms. The van der Waals surface area contributed by atoms with Gasteiger partial charge in [0.1, 0.15) is 11.5 Å². The zero-order valence-corrected chi connectivity index (χ0v) is 16.5. The summed E-state index contributed by atoms with van der Waals surface area (Å²) >= 11 is 0. The Morgan fingerprint density at radius 2 is 2.00 bits per heavy atom. The number of carbonyl (C=O) groups excluding carboxylic acids is 2. The van der Waals surface area contributed by atoms with E-state index in [1.54, 1.807) is 36.8 Å². The molecule has 156 valence electrons. The Bertz CT molecular complexity index is 983. The first-order valence-electron chi connectivity index (χ1n) is 9.67. The van der Waals surface area contributed by atoms with E-state index in [0.717, 1.165) is 5.56 Å². The Morgan fingerprint density at radius 3 is 2.70 bits per heavy atom. The third-order valence-electron chi connectivity index (χ3n) is 5.25. The van der Waals surface area contributed by atoms with Gasteiger partial charge in [0.2, 0.25) is 5.78 Å². The third kappa shape index (κ3) is 3.86. The van der Waals surface area contributed by atoms with Crippen LogP contribution in [-0.4, -0.2) is 60.2 Å². The lowest BCUT2D eigenvalue weighted by Crippen LogP contribution is -2.32. The fraction of sp³-hybridized carbons (Fsp3) is 0.318. The molecule has 0 unspecified atom stereocenters. The first kappa shape index (κ1) is 19.9. The number of hydrogen-bond acceptors (Lipinski definition) is 8. The van der Waals surface area contributed by atoms with E-state index in [0.29, 0.717) is 37.4 Å². The monoisotopic (exact) mass is 410 g/mol. The highest BCUT2D eigenvalue weighted by molar-refractivity contribution is 6.12. The number of allylic oxidation sites excluding steroid dienone is 1. The smallest absolute Gasteiger partial charge is 0.306 e. The number of nitrogens with zero attached hydrogens (tertiary/aromatic N) is 2. The van der Waals surface area contributed by atoms with Gasteiger partial charge in [-0.3, -0.25) is 14.6 Å². The molecule has 3 heterocycles. The molecule has 2 aromatic rings. The quantitative estimate of drug-likeness (QED) is 0.592. The van der Waals surface area contributed by atoms with E-state index < -0.39 is 11.9 Å². The molecule has 8 nitrogen and oxygen atoms in total. The standard InChI is InChI=1S/C22H22N2O6/c1-28-19(26)12-16(14-4-6-23-7-5-14)20-17(25)3-2-15-21(27)18(30-22(15)20)13-24-8-10-29-11-9-24/h2-7,13,16,25H,8-12H2,1H3/b18-13-/t16-/m1/s1. The average Bonchev–Trinajstić information content (AvgIpc) is 3.08. The van der Waals surface area contributed by atoms with E-state index in [1.165, 1.54) is 13.2 Å². The van der Waals surface area contributed by atoms with Crippen molar-refractivity contribution in [1.82, 2.24) is 9.88 Å². The number of fused-ring (bicyclic) bond motifs is 1. The first-order valence-corrected chi connectivity index (χ1v) is 9.67. The van der Waals surface area contributed by atoms with Crippen molar-refractivity contribution in [3.8, 4) is 11.5 Å². The largest absolute Gasteiger partial charge is 0.508 e. The summed E-state index contributed by atoms with van der Waals surface area (Å²) < 4.78 is 16.1. The number of pyridine rings is 1. The van der Waals surface area contributed by atoms with Crippen LogP contribution in [0.3, 0.4) is 0 Å². The molecular formula is C22H22N2O6. The number of phenols is 1. The molecule has 30 heavy (non-hydrogen) atoms. The Labute approximate surface area is 173 Å². The molecule has 0 bridgehead atoms. The minimum atomic E-state index is -0.564. The molecule has 1 aromatic carbocycles. The Morgan fingerprint density at radius 1 is 1.27 bits per heavy atom. The van der Waals surface area contributed by atoms with Crippen LogP contribution in [0.15, 0.2) is 48.6 Å². The Balaban J connectivity index is 1.76. The molecule has 1 saturated heterocycles. The summed E-state index contributed by atoms with van der Waals surface area (Å²) in [5.41, 5.74) is 1.48. The number of morpholine rings is 1. The van der Waals surface area contributed by atoms with Crippen molar-refractivity contribution in [2.75, 3.05) is 33.4 Å². The highest BCUT2D eigenvalue weighted by atomic mass is 16.5. The zero-order chi connectivity index (χ0) is 21.1. The molecule has 0 amide bonds. The summed E-state index contributed by atoms with van der Waals surface area (Å²) in [5.74, 6) is -0.868. The predicted molar refractivity (Wildman–Crippen MR) is 106 cm³/mol. The molecule has 2 aliphatic heterocycles. The van der Waals surface area contributed by atoms with Gasteiger partial charge < -0.3 is 24.2 Å². The molecule has 4 rings (SSSR count). The number of esters is 1. The van der Waals surface area contributed by atoms with Gasteiger partial charge in [-0.05, 0) is 29.8 Å². The fourth-order valence-electron chi connectivity index (χ4n) is 3.69. The van der Waals surface area contributed by atoms with Gasteiger partial charge in [0.15, 0.2) is 5.76 Å². The molecular weight excluding hydrogens is 388 g/mol. The minimum absolute atomic E-state index is 0.0232. The summed E-state index contributed by atoms with van der Waals surface area (Å²) in [6, 6.07) is 6.51. The predicted octanol–water partition coefficient (Wildman–Crippen LogP) is 2.23. The maximum absolute atomic E-state index is 12.9. The van der Waals surface area contributed by atoms with Gasteiger partial charge in [-0.2, -0.15) is 0 Å². The molecule has 0 saturated carbocycles. The summed E-state index contributed by atoms with van der Waals surface area (Å²) in [5, 5.41) is 10.7. The average molecular weight is 410 g/mol. The van der Waals surface area contributed by atoms with Gasteiger partial charge in [0.25, 0.3) is 0 Å². The van der Waals surface area contributed by atoms with Crippen molar-refractivity contribution < 1.29 is 28.9 Å². The summed E-state index contributed by atoms with van der Waals surface area (Å²) in [7, 11) is 1.31. The Kier molecular flexibility index (Phi) is 5.67. The number of aromatic hydroxyl groups is 1. The molecule has 1 N–H and O–H groups in total. The maximum atomic E-state index is 12.9. The van der Waals surface area contributed by atoms with Gasteiger partial charge in [0, 0.05) is 43.2 Å². The third-order valence-corrected chi connectivity index (χ3v) is 5.25. The van der Waals surface area contributed by atoms with Crippen LogP contribution in [0, 0.1) is 0 Å². The van der Waals surface area contributed by atoms with Crippen LogP contribution in [0.25, 0.3) is 0 Å². The topological polar surface area (TPSA) is 98.2 Å². The molecule has 0 radical (unpaired) electrons. The van der Waals surface area contributed by atoms with E-state index in [1.807, 2.05) is 4.90 Å². The maximum Gasteiger partial charge on any atom is 0.306 e. The van der Waals surface area contributed by atoms with Gasteiger partial charge in [-0.1, -0.05) is 0 Å². The van der Waals surface area contributed by atoms with Gasteiger partial charge in [-0.25, -0.2) is 0 Å². The van der Waals surface area contributed by atoms with Crippen LogP contribution >= 0.6 is 0 Å². The number of benzene rings is 1. The minimum Gasteiger partial charge on any atom is -0.508 e. The van der Waals surface area contributed by atoms with Crippen molar-refractivity contribution in [2.24, 2.45) is 0 Å². The number of aromatic nitrogens is 1. The number of hydrogen-bond donors (Lipinski definition) is 1. The lowest BCUT2D eigenvalue weighted by Gasteiger charge is -2.25. The Hall–Kier alpha value is -3.39.